The fourth-order valence-electron chi connectivity index (χ4n) is 3.17. The quantitative estimate of drug-likeness (QED) is 0.806. The Kier molecular flexibility index (Phi) is 5.46. The van der Waals surface area contributed by atoms with Crippen molar-refractivity contribution in [2.24, 2.45) is 5.92 Å². The van der Waals surface area contributed by atoms with Crippen molar-refractivity contribution >= 4 is 0 Å². The van der Waals surface area contributed by atoms with E-state index in [4.69, 9.17) is 0 Å². The second-order valence-corrected chi connectivity index (χ2v) is 6.47. The van der Waals surface area contributed by atoms with Gasteiger partial charge in [-0.25, -0.2) is 0 Å². The molecule has 0 bridgehead atoms. The number of hydrogen-bond acceptors (Lipinski definition) is 3. The van der Waals surface area contributed by atoms with Gasteiger partial charge in [0.1, 0.15) is 0 Å². The lowest BCUT2D eigenvalue weighted by molar-refractivity contribution is 0.217. The summed E-state index contributed by atoms with van der Waals surface area (Å²) < 4.78 is 0. The fourth-order valence-corrected chi connectivity index (χ4v) is 3.17. The van der Waals surface area contributed by atoms with E-state index in [0.717, 1.165) is 18.5 Å². The SMILES string of the molecule is CC(C)C(C)NCCN1CCCN2CCCC2C1. The van der Waals surface area contributed by atoms with E-state index < -0.39 is 0 Å². The number of fused-ring (bicyclic) bond motifs is 1. The molecule has 2 saturated heterocycles. The van der Waals surface area contributed by atoms with Crippen molar-refractivity contribution in [2.75, 3.05) is 39.3 Å². The van der Waals surface area contributed by atoms with E-state index in [0.29, 0.717) is 6.04 Å². The average Bonchev–Trinajstić information content (AvgIpc) is 2.68. The molecule has 2 aliphatic rings. The van der Waals surface area contributed by atoms with Crippen LogP contribution in [0.4, 0.5) is 0 Å². The zero-order valence-corrected chi connectivity index (χ0v) is 12.5. The minimum absolute atomic E-state index is 0.639. The molecule has 0 aromatic rings. The zero-order valence-electron chi connectivity index (χ0n) is 12.5. The van der Waals surface area contributed by atoms with E-state index in [1.54, 1.807) is 0 Å². The summed E-state index contributed by atoms with van der Waals surface area (Å²) in [6, 6.07) is 1.50. The molecule has 0 radical (unpaired) electrons. The normalized spacial score (nSPS) is 28.3. The van der Waals surface area contributed by atoms with Crippen LogP contribution < -0.4 is 5.32 Å². The third kappa shape index (κ3) is 3.94. The van der Waals surface area contributed by atoms with Crippen LogP contribution in [0.2, 0.25) is 0 Å². The Morgan fingerprint density at radius 3 is 2.67 bits per heavy atom. The highest BCUT2D eigenvalue weighted by molar-refractivity contribution is 4.85. The number of nitrogens with one attached hydrogen (secondary N) is 1. The van der Waals surface area contributed by atoms with Crippen molar-refractivity contribution in [1.29, 1.82) is 0 Å². The number of hydrogen-bond donors (Lipinski definition) is 1. The molecule has 106 valence electrons. The van der Waals surface area contributed by atoms with Gasteiger partial charge in [-0.15, -0.1) is 0 Å². The molecule has 0 saturated carbocycles. The molecular weight excluding hydrogens is 222 g/mol. The van der Waals surface area contributed by atoms with Gasteiger partial charge in [0, 0.05) is 31.7 Å². The van der Waals surface area contributed by atoms with Crippen LogP contribution in [0.15, 0.2) is 0 Å². The van der Waals surface area contributed by atoms with Crippen LogP contribution in [0.25, 0.3) is 0 Å². The van der Waals surface area contributed by atoms with E-state index in [1.165, 1.54) is 52.0 Å². The van der Waals surface area contributed by atoms with Crippen LogP contribution in [0, 0.1) is 5.92 Å². The van der Waals surface area contributed by atoms with Crippen LogP contribution in [-0.2, 0) is 0 Å². The van der Waals surface area contributed by atoms with E-state index in [1.807, 2.05) is 0 Å². The predicted molar refractivity (Wildman–Crippen MR) is 78.0 cm³/mol. The minimum Gasteiger partial charge on any atom is -0.313 e. The van der Waals surface area contributed by atoms with E-state index in [2.05, 4.69) is 35.9 Å². The van der Waals surface area contributed by atoms with Gasteiger partial charge in [-0.3, -0.25) is 4.90 Å². The minimum atomic E-state index is 0.639. The first-order valence-corrected chi connectivity index (χ1v) is 7.86. The molecule has 0 amide bonds. The highest BCUT2D eigenvalue weighted by Crippen LogP contribution is 2.20. The fraction of sp³-hybridized carbons (Fsp3) is 1.00. The van der Waals surface area contributed by atoms with Crippen LogP contribution >= 0.6 is 0 Å². The molecule has 0 aromatic carbocycles. The molecule has 2 aliphatic heterocycles. The Labute approximate surface area is 113 Å². The molecule has 0 aromatic heterocycles. The summed E-state index contributed by atoms with van der Waals surface area (Å²) in [5, 5.41) is 3.65. The summed E-state index contributed by atoms with van der Waals surface area (Å²) >= 11 is 0. The first-order chi connectivity index (χ1) is 8.66. The smallest absolute Gasteiger partial charge is 0.0223 e. The Morgan fingerprint density at radius 2 is 1.89 bits per heavy atom. The summed E-state index contributed by atoms with van der Waals surface area (Å²) in [4.78, 5) is 5.39. The van der Waals surface area contributed by atoms with Gasteiger partial charge < -0.3 is 10.2 Å². The maximum atomic E-state index is 3.65. The topological polar surface area (TPSA) is 18.5 Å². The van der Waals surface area contributed by atoms with Crippen LogP contribution in [-0.4, -0.2) is 61.2 Å². The van der Waals surface area contributed by atoms with Gasteiger partial charge in [-0.05, 0) is 51.7 Å². The van der Waals surface area contributed by atoms with Gasteiger partial charge in [-0.1, -0.05) is 13.8 Å². The Bertz CT molecular complexity index is 242. The Balaban J connectivity index is 1.69. The summed E-state index contributed by atoms with van der Waals surface area (Å²) in [7, 11) is 0. The van der Waals surface area contributed by atoms with Gasteiger partial charge in [0.25, 0.3) is 0 Å². The second-order valence-electron chi connectivity index (χ2n) is 6.47. The van der Waals surface area contributed by atoms with E-state index >= 15 is 0 Å². The summed E-state index contributed by atoms with van der Waals surface area (Å²) in [5.74, 6) is 0.736. The van der Waals surface area contributed by atoms with Crippen molar-refractivity contribution in [2.45, 2.75) is 52.1 Å². The molecule has 3 heteroatoms. The first-order valence-electron chi connectivity index (χ1n) is 7.86. The van der Waals surface area contributed by atoms with Gasteiger partial charge in [0.05, 0.1) is 0 Å². The number of nitrogens with zero attached hydrogens (tertiary/aromatic N) is 2. The van der Waals surface area contributed by atoms with Gasteiger partial charge in [0.2, 0.25) is 0 Å². The lowest BCUT2D eigenvalue weighted by Gasteiger charge is -2.26. The predicted octanol–water partition coefficient (Wildman–Crippen LogP) is 1.79. The molecule has 0 spiro atoms. The summed E-state index contributed by atoms with van der Waals surface area (Å²) in [6.07, 6.45) is 4.20. The molecule has 2 atom stereocenters. The van der Waals surface area contributed by atoms with Crippen molar-refractivity contribution in [1.82, 2.24) is 15.1 Å². The maximum absolute atomic E-state index is 3.65. The molecular formula is C15H31N3. The van der Waals surface area contributed by atoms with Gasteiger partial charge in [0.15, 0.2) is 0 Å². The first kappa shape index (κ1) is 14.3. The lowest BCUT2D eigenvalue weighted by atomic mass is 10.1. The van der Waals surface area contributed by atoms with Crippen molar-refractivity contribution in [3.63, 3.8) is 0 Å². The maximum Gasteiger partial charge on any atom is 0.0223 e. The third-order valence-corrected chi connectivity index (χ3v) is 4.78. The highest BCUT2D eigenvalue weighted by Gasteiger charge is 2.28. The summed E-state index contributed by atoms with van der Waals surface area (Å²) in [6.45, 7) is 14.5. The van der Waals surface area contributed by atoms with Gasteiger partial charge in [-0.2, -0.15) is 0 Å². The van der Waals surface area contributed by atoms with Crippen molar-refractivity contribution in [3.8, 4) is 0 Å². The molecule has 2 rings (SSSR count). The summed E-state index contributed by atoms with van der Waals surface area (Å²) in [5.41, 5.74) is 0. The highest BCUT2D eigenvalue weighted by atomic mass is 15.3. The molecule has 18 heavy (non-hydrogen) atoms. The second kappa shape index (κ2) is 6.88. The molecule has 1 N–H and O–H groups in total. The molecule has 0 aliphatic carbocycles. The molecule has 2 unspecified atom stereocenters. The van der Waals surface area contributed by atoms with Crippen molar-refractivity contribution < 1.29 is 0 Å². The zero-order chi connectivity index (χ0) is 13.0. The van der Waals surface area contributed by atoms with Crippen LogP contribution in [0.1, 0.15) is 40.0 Å². The third-order valence-electron chi connectivity index (χ3n) is 4.78. The van der Waals surface area contributed by atoms with Crippen LogP contribution in [0.3, 0.4) is 0 Å². The Morgan fingerprint density at radius 1 is 1.11 bits per heavy atom. The largest absolute Gasteiger partial charge is 0.313 e. The molecule has 3 nitrogen and oxygen atoms in total. The van der Waals surface area contributed by atoms with Crippen LogP contribution in [0.5, 0.6) is 0 Å². The van der Waals surface area contributed by atoms with Gasteiger partial charge >= 0.3 is 0 Å². The molecule has 2 heterocycles. The van der Waals surface area contributed by atoms with E-state index in [-0.39, 0.29) is 0 Å². The standard InChI is InChI=1S/C15H31N3/c1-13(2)14(3)16-7-11-17-8-5-10-18-9-4-6-15(18)12-17/h13-16H,4-12H2,1-3H3. The number of rotatable bonds is 5. The lowest BCUT2D eigenvalue weighted by Crippen LogP contribution is -2.41. The van der Waals surface area contributed by atoms with E-state index in [9.17, 15) is 0 Å². The average molecular weight is 253 g/mol. The molecule has 2 fully saturated rings. The van der Waals surface area contributed by atoms with Crippen molar-refractivity contribution in [3.05, 3.63) is 0 Å². The monoisotopic (exact) mass is 253 g/mol. The Hall–Kier alpha value is -0.120.